The van der Waals surface area contributed by atoms with Crippen LogP contribution in [0.15, 0.2) is 0 Å². The van der Waals surface area contributed by atoms with Crippen LogP contribution < -0.4 is 0 Å². The fourth-order valence-corrected chi connectivity index (χ4v) is 1.95. The third kappa shape index (κ3) is 5.50. The summed E-state index contributed by atoms with van der Waals surface area (Å²) in [5.74, 6) is 0. The Bertz CT molecular complexity index is 142. The van der Waals surface area contributed by atoms with Gasteiger partial charge in [-0.25, -0.2) is 0 Å². The van der Waals surface area contributed by atoms with Crippen molar-refractivity contribution in [3.63, 3.8) is 0 Å². The molecule has 3 nitrogen and oxygen atoms in total. The SMILES string of the molecule is CCCOCCOC1CCC(OC)CC1. The molecule has 0 aliphatic heterocycles. The maximum Gasteiger partial charge on any atom is 0.0704 e. The first kappa shape index (κ1) is 12.9. The van der Waals surface area contributed by atoms with Crippen molar-refractivity contribution in [3.8, 4) is 0 Å². The lowest BCUT2D eigenvalue weighted by atomic mass is 9.95. The minimum Gasteiger partial charge on any atom is -0.381 e. The Kier molecular flexibility index (Phi) is 6.98. The molecule has 0 radical (unpaired) electrons. The second-order valence-corrected chi connectivity index (χ2v) is 4.12. The lowest BCUT2D eigenvalue weighted by Gasteiger charge is -2.27. The summed E-state index contributed by atoms with van der Waals surface area (Å²) in [6.45, 7) is 4.44. The van der Waals surface area contributed by atoms with Gasteiger partial charge in [-0.05, 0) is 32.1 Å². The van der Waals surface area contributed by atoms with Gasteiger partial charge in [0.1, 0.15) is 0 Å². The van der Waals surface area contributed by atoms with Crippen LogP contribution in [0.4, 0.5) is 0 Å². The number of hydrogen-bond acceptors (Lipinski definition) is 3. The van der Waals surface area contributed by atoms with Crippen LogP contribution >= 0.6 is 0 Å². The zero-order valence-electron chi connectivity index (χ0n) is 10.0. The zero-order valence-corrected chi connectivity index (χ0v) is 10.0. The topological polar surface area (TPSA) is 27.7 Å². The number of ether oxygens (including phenoxy) is 3. The summed E-state index contributed by atoms with van der Waals surface area (Å²) in [7, 11) is 1.80. The van der Waals surface area contributed by atoms with Crippen LogP contribution in [0, 0.1) is 0 Å². The Morgan fingerprint density at radius 2 is 1.60 bits per heavy atom. The average molecular weight is 216 g/mol. The normalized spacial score (nSPS) is 26.8. The average Bonchev–Trinajstić information content (AvgIpc) is 2.30. The van der Waals surface area contributed by atoms with E-state index in [0.29, 0.717) is 12.2 Å². The molecule has 0 unspecified atom stereocenters. The molecular formula is C12H24O3. The zero-order chi connectivity index (χ0) is 10.9. The highest BCUT2D eigenvalue weighted by Gasteiger charge is 2.20. The Labute approximate surface area is 93.1 Å². The predicted molar refractivity (Wildman–Crippen MR) is 60.1 cm³/mol. The van der Waals surface area contributed by atoms with E-state index in [1.165, 1.54) is 0 Å². The van der Waals surface area contributed by atoms with Gasteiger partial charge in [0.05, 0.1) is 25.4 Å². The molecule has 3 heteroatoms. The van der Waals surface area contributed by atoms with E-state index in [-0.39, 0.29) is 0 Å². The van der Waals surface area contributed by atoms with Crippen LogP contribution in [0.5, 0.6) is 0 Å². The minimum absolute atomic E-state index is 0.432. The van der Waals surface area contributed by atoms with Crippen molar-refractivity contribution in [2.24, 2.45) is 0 Å². The smallest absolute Gasteiger partial charge is 0.0704 e. The van der Waals surface area contributed by atoms with Crippen molar-refractivity contribution < 1.29 is 14.2 Å². The molecule has 1 rings (SSSR count). The van der Waals surface area contributed by atoms with Gasteiger partial charge in [0.25, 0.3) is 0 Å². The molecule has 90 valence electrons. The number of rotatable bonds is 7. The molecule has 15 heavy (non-hydrogen) atoms. The van der Waals surface area contributed by atoms with Gasteiger partial charge in [-0.2, -0.15) is 0 Å². The molecule has 0 atom stereocenters. The monoisotopic (exact) mass is 216 g/mol. The molecule has 1 aliphatic rings. The molecule has 0 bridgehead atoms. The molecule has 0 amide bonds. The molecule has 0 N–H and O–H groups in total. The highest BCUT2D eigenvalue weighted by atomic mass is 16.5. The molecular weight excluding hydrogens is 192 g/mol. The van der Waals surface area contributed by atoms with Gasteiger partial charge in [0.2, 0.25) is 0 Å². The van der Waals surface area contributed by atoms with E-state index >= 15 is 0 Å². The van der Waals surface area contributed by atoms with Crippen LogP contribution in [-0.2, 0) is 14.2 Å². The van der Waals surface area contributed by atoms with Crippen LogP contribution in [0.3, 0.4) is 0 Å². The second kappa shape index (κ2) is 8.08. The molecule has 0 aromatic rings. The first-order chi connectivity index (χ1) is 7.36. The largest absolute Gasteiger partial charge is 0.381 e. The van der Waals surface area contributed by atoms with E-state index in [0.717, 1.165) is 51.9 Å². The summed E-state index contributed by atoms with van der Waals surface area (Å²) < 4.78 is 16.4. The highest BCUT2D eigenvalue weighted by Crippen LogP contribution is 2.22. The lowest BCUT2D eigenvalue weighted by Crippen LogP contribution is -2.26. The van der Waals surface area contributed by atoms with Gasteiger partial charge in [-0.15, -0.1) is 0 Å². The fraction of sp³-hybridized carbons (Fsp3) is 1.00. The molecule has 0 aromatic carbocycles. The van der Waals surface area contributed by atoms with Gasteiger partial charge in [-0.3, -0.25) is 0 Å². The van der Waals surface area contributed by atoms with Crippen LogP contribution in [-0.4, -0.2) is 39.1 Å². The molecule has 0 spiro atoms. The predicted octanol–water partition coefficient (Wildman–Crippen LogP) is 2.39. The standard InChI is InChI=1S/C12H24O3/c1-3-8-14-9-10-15-12-6-4-11(13-2)5-7-12/h11-12H,3-10H2,1-2H3. The Morgan fingerprint density at radius 3 is 2.20 bits per heavy atom. The minimum atomic E-state index is 0.432. The molecule has 0 saturated heterocycles. The summed E-state index contributed by atoms with van der Waals surface area (Å²) >= 11 is 0. The maximum atomic E-state index is 5.74. The summed E-state index contributed by atoms with van der Waals surface area (Å²) in [5, 5.41) is 0. The Hall–Kier alpha value is -0.120. The molecule has 0 heterocycles. The summed E-state index contributed by atoms with van der Waals surface area (Å²) in [6.07, 6.45) is 6.51. The molecule has 1 saturated carbocycles. The Morgan fingerprint density at radius 1 is 0.933 bits per heavy atom. The van der Waals surface area contributed by atoms with Crippen molar-refractivity contribution in [3.05, 3.63) is 0 Å². The first-order valence-electron chi connectivity index (χ1n) is 6.09. The van der Waals surface area contributed by atoms with Gasteiger partial charge in [0, 0.05) is 13.7 Å². The van der Waals surface area contributed by atoms with Crippen LogP contribution in [0.1, 0.15) is 39.0 Å². The third-order valence-electron chi connectivity index (χ3n) is 2.88. The fourth-order valence-electron chi connectivity index (χ4n) is 1.95. The van der Waals surface area contributed by atoms with Crippen molar-refractivity contribution in [1.82, 2.24) is 0 Å². The van der Waals surface area contributed by atoms with Gasteiger partial charge >= 0.3 is 0 Å². The number of hydrogen-bond donors (Lipinski definition) is 0. The Balaban J connectivity index is 1.94. The quantitative estimate of drug-likeness (QED) is 0.612. The van der Waals surface area contributed by atoms with E-state index in [9.17, 15) is 0 Å². The van der Waals surface area contributed by atoms with E-state index in [1.54, 1.807) is 7.11 Å². The van der Waals surface area contributed by atoms with Crippen LogP contribution in [0.25, 0.3) is 0 Å². The van der Waals surface area contributed by atoms with Crippen molar-refractivity contribution >= 4 is 0 Å². The maximum absolute atomic E-state index is 5.74. The molecule has 1 aliphatic carbocycles. The summed E-state index contributed by atoms with van der Waals surface area (Å²) in [4.78, 5) is 0. The van der Waals surface area contributed by atoms with E-state index in [1.807, 2.05) is 0 Å². The van der Waals surface area contributed by atoms with Crippen molar-refractivity contribution in [1.29, 1.82) is 0 Å². The summed E-state index contributed by atoms with van der Waals surface area (Å²) in [5.41, 5.74) is 0. The summed E-state index contributed by atoms with van der Waals surface area (Å²) in [6, 6.07) is 0. The first-order valence-corrected chi connectivity index (χ1v) is 6.09. The van der Waals surface area contributed by atoms with E-state index in [4.69, 9.17) is 14.2 Å². The lowest BCUT2D eigenvalue weighted by molar-refractivity contribution is -0.0359. The van der Waals surface area contributed by atoms with Crippen molar-refractivity contribution in [2.45, 2.75) is 51.2 Å². The van der Waals surface area contributed by atoms with E-state index < -0.39 is 0 Å². The molecule has 1 fully saturated rings. The van der Waals surface area contributed by atoms with E-state index in [2.05, 4.69) is 6.92 Å². The third-order valence-corrected chi connectivity index (χ3v) is 2.88. The van der Waals surface area contributed by atoms with Crippen molar-refractivity contribution in [2.75, 3.05) is 26.9 Å². The van der Waals surface area contributed by atoms with Crippen LogP contribution in [0.2, 0.25) is 0 Å². The molecule has 0 aromatic heterocycles. The van der Waals surface area contributed by atoms with Gasteiger partial charge < -0.3 is 14.2 Å². The highest BCUT2D eigenvalue weighted by molar-refractivity contribution is 4.72. The van der Waals surface area contributed by atoms with Gasteiger partial charge in [-0.1, -0.05) is 6.92 Å². The van der Waals surface area contributed by atoms with Gasteiger partial charge in [0.15, 0.2) is 0 Å². The number of methoxy groups -OCH3 is 1. The second-order valence-electron chi connectivity index (χ2n) is 4.12.